The van der Waals surface area contributed by atoms with Crippen LogP contribution in [0.4, 0.5) is 0 Å². The van der Waals surface area contributed by atoms with Crippen LogP contribution in [0.3, 0.4) is 0 Å². The number of nitrogens with one attached hydrogen (secondary N) is 1. The van der Waals surface area contributed by atoms with E-state index in [-0.39, 0.29) is 12.8 Å². The first-order valence-corrected chi connectivity index (χ1v) is 7.83. The molecule has 2 fully saturated rings. The molecule has 2 aliphatic rings. The maximum atomic E-state index is 11.5. The van der Waals surface area contributed by atoms with Crippen molar-refractivity contribution in [2.75, 3.05) is 0 Å². The van der Waals surface area contributed by atoms with Gasteiger partial charge in [0, 0.05) is 20.8 Å². The maximum Gasteiger partial charge on any atom is 0.303 e. The first kappa shape index (κ1) is 18.6. The van der Waals surface area contributed by atoms with Crippen molar-refractivity contribution < 1.29 is 38.8 Å². The Hall–Kier alpha value is -1.71. The van der Waals surface area contributed by atoms with Gasteiger partial charge in [0.1, 0.15) is 0 Å². The van der Waals surface area contributed by atoms with Gasteiger partial charge in [-0.15, -0.1) is 0 Å². The van der Waals surface area contributed by atoms with E-state index in [2.05, 4.69) is 5.32 Å². The third kappa shape index (κ3) is 4.22. The van der Waals surface area contributed by atoms with E-state index in [1.807, 2.05) is 0 Å². The fraction of sp³-hybridized carbons (Fsp3) is 0.800. The number of ether oxygens (including phenoxy) is 3. The molecule has 0 saturated carbocycles. The standard InChI is InChI=1S/C15H23NO8/c1-6(17)22-13-9-4-11(20)12(21)5-10(16-9)14(23-7(2)18)15(13)24-8(3)19/h9-16,20-21H,4-5H2,1-3H3/t9-,10+,11+,12-,13-,14+,15?. The van der Waals surface area contributed by atoms with E-state index in [1.54, 1.807) is 0 Å². The minimum atomic E-state index is -1.04. The quantitative estimate of drug-likeness (QED) is 0.419. The van der Waals surface area contributed by atoms with Crippen LogP contribution in [0.1, 0.15) is 33.6 Å². The van der Waals surface area contributed by atoms with Crippen molar-refractivity contribution in [3.05, 3.63) is 0 Å². The summed E-state index contributed by atoms with van der Waals surface area (Å²) >= 11 is 0. The number of rotatable bonds is 3. The van der Waals surface area contributed by atoms with Crippen molar-refractivity contribution in [3.8, 4) is 0 Å². The van der Waals surface area contributed by atoms with Gasteiger partial charge in [0.25, 0.3) is 0 Å². The molecule has 0 aromatic heterocycles. The average molecular weight is 345 g/mol. The number of carbonyl (C=O) groups is 3. The Bertz CT molecular complexity index is 474. The van der Waals surface area contributed by atoms with Crippen molar-refractivity contribution in [1.29, 1.82) is 0 Å². The van der Waals surface area contributed by atoms with E-state index < -0.39 is 60.5 Å². The lowest BCUT2D eigenvalue weighted by Crippen LogP contribution is -2.67. The Kier molecular flexibility index (Phi) is 5.79. The molecule has 7 atom stereocenters. The molecule has 1 unspecified atom stereocenters. The lowest BCUT2D eigenvalue weighted by Gasteiger charge is -2.44. The highest BCUT2D eigenvalue weighted by Crippen LogP contribution is 2.32. The zero-order valence-corrected chi connectivity index (χ0v) is 13.8. The molecular formula is C15H23NO8. The number of carbonyl (C=O) groups excluding carboxylic acids is 3. The number of esters is 3. The van der Waals surface area contributed by atoms with Gasteiger partial charge in [0.15, 0.2) is 18.3 Å². The molecule has 3 N–H and O–H groups in total. The van der Waals surface area contributed by atoms with Crippen molar-refractivity contribution in [3.63, 3.8) is 0 Å². The van der Waals surface area contributed by atoms with Crippen LogP contribution in [0.25, 0.3) is 0 Å². The first-order chi connectivity index (χ1) is 11.2. The largest absolute Gasteiger partial charge is 0.457 e. The second-order valence-electron chi connectivity index (χ2n) is 6.21. The number of piperidine rings is 1. The minimum Gasteiger partial charge on any atom is -0.457 e. The zero-order valence-electron chi connectivity index (χ0n) is 13.8. The van der Waals surface area contributed by atoms with Gasteiger partial charge < -0.3 is 29.7 Å². The predicted molar refractivity (Wildman–Crippen MR) is 78.6 cm³/mol. The predicted octanol–water partition coefficient (Wildman–Crippen LogP) is -1.36. The van der Waals surface area contributed by atoms with Crippen molar-refractivity contribution in [1.82, 2.24) is 5.32 Å². The van der Waals surface area contributed by atoms with Crippen LogP contribution < -0.4 is 5.32 Å². The highest BCUT2D eigenvalue weighted by Gasteiger charge is 2.53. The highest BCUT2D eigenvalue weighted by atomic mass is 16.6. The van der Waals surface area contributed by atoms with Crippen LogP contribution in [-0.2, 0) is 28.6 Å². The van der Waals surface area contributed by atoms with Gasteiger partial charge in [-0.25, -0.2) is 0 Å². The van der Waals surface area contributed by atoms with Crippen LogP contribution in [-0.4, -0.2) is 70.7 Å². The van der Waals surface area contributed by atoms with Crippen LogP contribution in [0.15, 0.2) is 0 Å². The second kappa shape index (κ2) is 7.45. The van der Waals surface area contributed by atoms with E-state index >= 15 is 0 Å². The molecule has 2 bridgehead atoms. The maximum absolute atomic E-state index is 11.5. The monoisotopic (exact) mass is 345 g/mol. The third-order valence-corrected chi connectivity index (χ3v) is 4.21. The van der Waals surface area contributed by atoms with Gasteiger partial charge in [-0.05, 0) is 12.8 Å². The van der Waals surface area contributed by atoms with Crippen molar-refractivity contribution in [2.45, 2.75) is 76.2 Å². The molecule has 0 amide bonds. The van der Waals surface area contributed by atoms with Gasteiger partial charge in [0.2, 0.25) is 0 Å². The molecule has 9 heteroatoms. The summed E-state index contributed by atoms with van der Waals surface area (Å²) in [4.78, 5) is 34.4. The second-order valence-corrected chi connectivity index (χ2v) is 6.21. The fourth-order valence-corrected chi connectivity index (χ4v) is 3.36. The van der Waals surface area contributed by atoms with Gasteiger partial charge >= 0.3 is 17.9 Å². The van der Waals surface area contributed by atoms with Crippen molar-refractivity contribution >= 4 is 17.9 Å². The summed E-state index contributed by atoms with van der Waals surface area (Å²) in [7, 11) is 0. The lowest BCUT2D eigenvalue weighted by molar-refractivity contribution is -0.197. The summed E-state index contributed by atoms with van der Waals surface area (Å²) in [5, 5.41) is 23.2. The molecule has 2 rings (SSSR count). The summed E-state index contributed by atoms with van der Waals surface area (Å²) in [5.41, 5.74) is 0. The van der Waals surface area contributed by atoms with Gasteiger partial charge in [-0.3, -0.25) is 14.4 Å². The molecule has 2 aliphatic heterocycles. The normalized spacial score (nSPS) is 38.6. The SMILES string of the molecule is CC(=O)OC1[C@@H](OC(C)=O)[C@@H]2C[C@@H](O)[C@@H](O)C[C@@H](N2)[C@H]1OC(C)=O. The number of hydrogen-bond acceptors (Lipinski definition) is 9. The Morgan fingerprint density at radius 3 is 1.42 bits per heavy atom. The Balaban J connectivity index is 2.39. The van der Waals surface area contributed by atoms with Crippen LogP contribution >= 0.6 is 0 Å². The smallest absolute Gasteiger partial charge is 0.303 e. The number of aliphatic hydroxyl groups is 2. The van der Waals surface area contributed by atoms with Crippen LogP contribution in [0, 0.1) is 0 Å². The summed E-state index contributed by atoms with van der Waals surface area (Å²) in [6.45, 7) is 3.62. The molecule has 0 aromatic rings. The summed E-state index contributed by atoms with van der Waals surface area (Å²) in [6.07, 6.45) is -4.82. The van der Waals surface area contributed by atoms with Crippen molar-refractivity contribution in [2.24, 2.45) is 0 Å². The lowest BCUT2D eigenvalue weighted by atomic mass is 9.88. The van der Waals surface area contributed by atoms with Gasteiger partial charge in [-0.2, -0.15) is 0 Å². The molecule has 2 heterocycles. The Morgan fingerprint density at radius 1 is 0.750 bits per heavy atom. The number of hydrogen-bond donors (Lipinski definition) is 3. The molecule has 2 saturated heterocycles. The third-order valence-electron chi connectivity index (χ3n) is 4.21. The molecule has 136 valence electrons. The molecule has 0 spiro atoms. The Labute approximate surface area is 139 Å². The minimum absolute atomic E-state index is 0.0974. The van der Waals surface area contributed by atoms with E-state index in [1.165, 1.54) is 20.8 Å². The summed E-state index contributed by atoms with van der Waals surface area (Å²) in [5.74, 6) is -1.81. The number of fused-ring (bicyclic) bond motifs is 2. The topological polar surface area (TPSA) is 131 Å². The zero-order chi connectivity index (χ0) is 18.0. The average Bonchev–Trinajstić information content (AvgIpc) is 2.56. The highest BCUT2D eigenvalue weighted by molar-refractivity contribution is 5.68. The molecule has 0 radical (unpaired) electrons. The van der Waals surface area contributed by atoms with E-state index in [0.29, 0.717) is 0 Å². The number of aliphatic hydroxyl groups excluding tert-OH is 2. The summed E-state index contributed by atoms with van der Waals surface area (Å²) < 4.78 is 15.8. The van der Waals surface area contributed by atoms with Crippen LogP contribution in [0.5, 0.6) is 0 Å². The summed E-state index contributed by atoms with van der Waals surface area (Å²) in [6, 6.07) is -1.11. The molecule has 0 aliphatic carbocycles. The first-order valence-electron chi connectivity index (χ1n) is 7.83. The van der Waals surface area contributed by atoms with E-state index in [9.17, 15) is 24.6 Å². The van der Waals surface area contributed by atoms with Crippen LogP contribution in [0.2, 0.25) is 0 Å². The van der Waals surface area contributed by atoms with E-state index in [0.717, 1.165) is 0 Å². The van der Waals surface area contributed by atoms with Gasteiger partial charge in [-0.1, -0.05) is 0 Å². The fourth-order valence-electron chi connectivity index (χ4n) is 3.36. The van der Waals surface area contributed by atoms with E-state index in [4.69, 9.17) is 14.2 Å². The molecule has 9 nitrogen and oxygen atoms in total. The van der Waals surface area contributed by atoms with Gasteiger partial charge in [0.05, 0.1) is 24.3 Å². The Morgan fingerprint density at radius 2 is 1.08 bits per heavy atom. The molecular weight excluding hydrogens is 322 g/mol. The molecule has 24 heavy (non-hydrogen) atoms. The molecule has 0 aromatic carbocycles.